The average molecular weight is 195 g/mol. The lowest BCUT2D eigenvalue weighted by molar-refractivity contribution is -0.0479. The summed E-state index contributed by atoms with van der Waals surface area (Å²) in [7, 11) is 0. The molecule has 1 aliphatic rings. The largest absolute Gasteiger partial charge is 0.390 e. The molecule has 1 heterocycles. The topological polar surface area (TPSA) is 41.5 Å². The molecule has 3 nitrogen and oxygen atoms in total. The van der Waals surface area contributed by atoms with Gasteiger partial charge in [-0.15, -0.1) is 0 Å². The molecule has 0 bridgehead atoms. The summed E-state index contributed by atoms with van der Waals surface area (Å²) in [6.07, 6.45) is 0.928. The Labute approximate surface area is 76.1 Å². The van der Waals surface area contributed by atoms with Crippen LogP contribution in [0, 0.1) is 5.92 Å². The van der Waals surface area contributed by atoms with Crippen LogP contribution in [0.5, 0.6) is 0 Å². The summed E-state index contributed by atoms with van der Waals surface area (Å²) >= 11 is 0. The first-order valence-electron chi connectivity index (χ1n) is 4.41. The number of hydrogen-bond donors (Lipinski definition) is 2. The summed E-state index contributed by atoms with van der Waals surface area (Å²) in [5.41, 5.74) is 0. The van der Waals surface area contributed by atoms with Crippen molar-refractivity contribution in [2.24, 2.45) is 5.92 Å². The predicted molar refractivity (Wildman–Crippen MR) is 43.8 cm³/mol. The van der Waals surface area contributed by atoms with E-state index in [1.165, 1.54) is 0 Å². The predicted octanol–water partition coefficient (Wildman–Crippen LogP) is 0.240. The molecule has 78 valence electrons. The molecule has 2 N–H and O–H groups in total. The van der Waals surface area contributed by atoms with Crippen LogP contribution in [-0.2, 0) is 4.74 Å². The molecule has 1 fully saturated rings. The van der Waals surface area contributed by atoms with Crippen LogP contribution in [-0.4, -0.2) is 43.9 Å². The van der Waals surface area contributed by atoms with Gasteiger partial charge in [0, 0.05) is 13.2 Å². The second-order valence-electron chi connectivity index (χ2n) is 3.37. The lowest BCUT2D eigenvalue weighted by atomic mass is 10.1. The van der Waals surface area contributed by atoms with E-state index in [1.54, 1.807) is 0 Å². The summed E-state index contributed by atoms with van der Waals surface area (Å²) in [4.78, 5) is 0. The van der Waals surface area contributed by atoms with Crippen LogP contribution in [0.2, 0.25) is 0 Å². The molecule has 13 heavy (non-hydrogen) atoms. The highest BCUT2D eigenvalue weighted by Crippen LogP contribution is 2.13. The summed E-state index contributed by atoms with van der Waals surface area (Å²) in [6.45, 7) is 0.358. The molecule has 0 radical (unpaired) electrons. The lowest BCUT2D eigenvalue weighted by Crippen LogP contribution is -2.38. The van der Waals surface area contributed by atoms with Crippen molar-refractivity contribution in [1.29, 1.82) is 0 Å². The van der Waals surface area contributed by atoms with E-state index in [9.17, 15) is 8.78 Å². The van der Waals surface area contributed by atoms with Gasteiger partial charge in [-0.1, -0.05) is 0 Å². The molecule has 1 atom stereocenters. The monoisotopic (exact) mass is 195 g/mol. The highest BCUT2D eigenvalue weighted by molar-refractivity contribution is 4.71. The molecule has 0 aromatic rings. The smallest absolute Gasteiger partial charge is 0.282 e. The van der Waals surface area contributed by atoms with E-state index in [-0.39, 0.29) is 0 Å². The molecule has 5 heteroatoms. The Bertz CT molecular complexity index is 149. The Balaban J connectivity index is 2.06. The van der Waals surface area contributed by atoms with Gasteiger partial charge in [0.05, 0.1) is 13.2 Å². The van der Waals surface area contributed by atoms with Crippen molar-refractivity contribution in [3.63, 3.8) is 0 Å². The quantitative estimate of drug-likeness (QED) is 0.660. The van der Waals surface area contributed by atoms with Gasteiger partial charge in [-0.2, -0.15) is 0 Å². The molecule has 0 amide bonds. The van der Waals surface area contributed by atoms with Crippen molar-refractivity contribution in [2.75, 3.05) is 32.9 Å². The van der Waals surface area contributed by atoms with E-state index in [0.29, 0.717) is 19.1 Å². The Morgan fingerprint density at radius 1 is 1.54 bits per heavy atom. The zero-order valence-corrected chi connectivity index (χ0v) is 7.43. The number of aliphatic hydroxyl groups excluding tert-OH is 1. The molecular weight excluding hydrogens is 180 g/mol. The van der Waals surface area contributed by atoms with Crippen LogP contribution in [0.4, 0.5) is 8.78 Å². The fourth-order valence-electron chi connectivity index (χ4n) is 1.26. The Kier molecular flexibility index (Phi) is 4.02. The number of rotatable bonds is 5. The van der Waals surface area contributed by atoms with E-state index in [2.05, 4.69) is 5.32 Å². The molecule has 0 saturated carbocycles. The van der Waals surface area contributed by atoms with E-state index in [4.69, 9.17) is 9.84 Å². The van der Waals surface area contributed by atoms with E-state index in [0.717, 1.165) is 13.0 Å². The SMILES string of the molecule is OCC(F)(F)CNCC1CCOC1. The molecular formula is C8H15F2NO2. The maximum absolute atomic E-state index is 12.5. The molecule has 1 rings (SSSR count). The van der Waals surface area contributed by atoms with Crippen molar-refractivity contribution in [3.8, 4) is 0 Å². The second kappa shape index (κ2) is 4.83. The van der Waals surface area contributed by atoms with Gasteiger partial charge in [0.25, 0.3) is 5.92 Å². The first-order valence-corrected chi connectivity index (χ1v) is 4.41. The first kappa shape index (κ1) is 10.8. The van der Waals surface area contributed by atoms with Crippen LogP contribution < -0.4 is 5.32 Å². The van der Waals surface area contributed by atoms with Crippen molar-refractivity contribution in [1.82, 2.24) is 5.32 Å². The Morgan fingerprint density at radius 3 is 2.85 bits per heavy atom. The molecule has 0 aromatic heterocycles. The van der Waals surface area contributed by atoms with Crippen LogP contribution in [0.15, 0.2) is 0 Å². The third kappa shape index (κ3) is 3.97. The zero-order chi connectivity index (χ0) is 9.73. The summed E-state index contributed by atoms with van der Waals surface area (Å²) in [5, 5.41) is 10.9. The molecule has 0 aromatic carbocycles. The van der Waals surface area contributed by atoms with Gasteiger partial charge in [-0.3, -0.25) is 0 Å². The fraction of sp³-hybridized carbons (Fsp3) is 1.00. The Hall–Kier alpha value is -0.260. The number of ether oxygens (including phenoxy) is 1. The zero-order valence-electron chi connectivity index (χ0n) is 7.43. The lowest BCUT2D eigenvalue weighted by Gasteiger charge is -2.15. The van der Waals surface area contributed by atoms with Crippen LogP contribution in [0.3, 0.4) is 0 Å². The van der Waals surface area contributed by atoms with Crippen molar-refractivity contribution in [2.45, 2.75) is 12.3 Å². The third-order valence-corrected chi connectivity index (χ3v) is 2.07. The third-order valence-electron chi connectivity index (χ3n) is 2.07. The maximum atomic E-state index is 12.5. The molecule has 1 unspecified atom stereocenters. The van der Waals surface area contributed by atoms with Crippen molar-refractivity contribution in [3.05, 3.63) is 0 Å². The van der Waals surface area contributed by atoms with Crippen LogP contribution in [0.25, 0.3) is 0 Å². The number of nitrogens with one attached hydrogen (secondary N) is 1. The van der Waals surface area contributed by atoms with Crippen LogP contribution >= 0.6 is 0 Å². The maximum Gasteiger partial charge on any atom is 0.282 e. The molecule has 0 spiro atoms. The standard InChI is InChI=1S/C8H15F2NO2/c9-8(10,6-12)5-11-3-7-1-2-13-4-7/h7,11-12H,1-6H2. The number of halogens is 2. The minimum absolute atomic E-state index is 0.342. The van der Waals surface area contributed by atoms with Gasteiger partial charge < -0.3 is 15.2 Å². The van der Waals surface area contributed by atoms with Gasteiger partial charge in [-0.05, 0) is 12.3 Å². The number of alkyl halides is 2. The van der Waals surface area contributed by atoms with Gasteiger partial charge in [0.2, 0.25) is 0 Å². The van der Waals surface area contributed by atoms with Crippen molar-refractivity contribution < 1.29 is 18.6 Å². The minimum atomic E-state index is -3.00. The van der Waals surface area contributed by atoms with Gasteiger partial charge in [0.1, 0.15) is 6.61 Å². The number of aliphatic hydroxyl groups is 1. The fourth-order valence-corrected chi connectivity index (χ4v) is 1.26. The van der Waals surface area contributed by atoms with Crippen molar-refractivity contribution >= 4 is 0 Å². The summed E-state index contributed by atoms with van der Waals surface area (Å²) in [5.74, 6) is -2.66. The van der Waals surface area contributed by atoms with Gasteiger partial charge >= 0.3 is 0 Å². The van der Waals surface area contributed by atoms with Gasteiger partial charge in [-0.25, -0.2) is 8.78 Å². The molecule has 1 aliphatic heterocycles. The second-order valence-corrected chi connectivity index (χ2v) is 3.37. The number of hydrogen-bond acceptors (Lipinski definition) is 3. The van der Waals surface area contributed by atoms with Gasteiger partial charge in [0.15, 0.2) is 0 Å². The Morgan fingerprint density at radius 2 is 2.31 bits per heavy atom. The van der Waals surface area contributed by atoms with E-state index < -0.39 is 19.1 Å². The highest BCUT2D eigenvalue weighted by atomic mass is 19.3. The molecule has 1 saturated heterocycles. The average Bonchev–Trinajstić information content (AvgIpc) is 2.57. The van der Waals surface area contributed by atoms with E-state index >= 15 is 0 Å². The summed E-state index contributed by atoms with van der Waals surface area (Å²) in [6, 6.07) is 0. The molecule has 0 aliphatic carbocycles. The van der Waals surface area contributed by atoms with Crippen LogP contribution in [0.1, 0.15) is 6.42 Å². The summed E-state index contributed by atoms with van der Waals surface area (Å²) < 4.78 is 30.1. The highest BCUT2D eigenvalue weighted by Gasteiger charge is 2.27. The first-order chi connectivity index (χ1) is 6.14. The minimum Gasteiger partial charge on any atom is -0.390 e. The normalized spacial score (nSPS) is 23.8. The van der Waals surface area contributed by atoms with E-state index in [1.807, 2.05) is 0 Å².